The summed E-state index contributed by atoms with van der Waals surface area (Å²) < 4.78 is 7.30. The van der Waals surface area contributed by atoms with Crippen molar-refractivity contribution in [2.45, 2.75) is 13.5 Å². The molecule has 96 valence electrons. The maximum atomic E-state index is 5.40. The summed E-state index contributed by atoms with van der Waals surface area (Å²) in [4.78, 5) is 0. The minimum absolute atomic E-state index is 0.803. The van der Waals surface area contributed by atoms with E-state index >= 15 is 0 Å². The third-order valence-electron chi connectivity index (χ3n) is 2.97. The lowest BCUT2D eigenvalue weighted by Crippen LogP contribution is -2.09. The van der Waals surface area contributed by atoms with E-state index in [0.717, 1.165) is 29.2 Å². The molecule has 1 N–H and O–H groups in total. The second-order valence-electron chi connectivity index (χ2n) is 4.38. The molecule has 0 aliphatic carbocycles. The van der Waals surface area contributed by atoms with Gasteiger partial charge in [0.05, 0.1) is 18.5 Å². The number of hydrogen-bond donors (Lipinski definition) is 1. The number of nitrogens with one attached hydrogen (secondary N) is 1. The zero-order valence-corrected chi connectivity index (χ0v) is 11.3. The van der Waals surface area contributed by atoms with Gasteiger partial charge in [-0.3, -0.25) is 4.68 Å². The summed E-state index contributed by atoms with van der Waals surface area (Å²) >= 11 is 0. The predicted octanol–water partition coefficient (Wildman–Crippen LogP) is 2.12. The summed E-state index contributed by atoms with van der Waals surface area (Å²) in [5, 5.41) is 7.68. The molecule has 18 heavy (non-hydrogen) atoms. The molecule has 0 amide bonds. The van der Waals surface area contributed by atoms with E-state index in [9.17, 15) is 0 Å². The Morgan fingerprint density at radius 1 is 1.33 bits per heavy atom. The molecule has 1 aromatic heterocycles. The summed E-state index contributed by atoms with van der Waals surface area (Å²) in [6.45, 7) is 2.87. The first kappa shape index (κ1) is 12.6. The normalized spacial score (nSPS) is 10.7. The number of ether oxygens (including phenoxy) is 1. The second kappa shape index (κ2) is 5.23. The van der Waals surface area contributed by atoms with Gasteiger partial charge in [0.2, 0.25) is 0 Å². The average molecular weight is 245 g/mol. The van der Waals surface area contributed by atoms with E-state index in [1.807, 2.05) is 30.9 Å². The van der Waals surface area contributed by atoms with Crippen molar-refractivity contribution < 1.29 is 4.74 Å². The zero-order valence-electron chi connectivity index (χ0n) is 11.3. The smallest absolute Gasteiger partial charge is 0.128 e. The molecule has 0 atom stereocenters. The van der Waals surface area contributed by atoms with Crippen molar-refractivity contribution in [3.8, 4) is 17.0 Å². The van der Waals surface area contributed by atoms with Crippen LogP contribution in [0.3, 0.4) is 0 Å². The monoisotopic (exact) mass is 245 g/mol. The fraction of sp³-hybridized carbons (Fsp3) is 0.357. The molecule has 0 spiro atoms. The van der Waals surface area contributed by atoms with Crippen molar-refractivity contribution in [3.05, 3.63) is 35.5 Å². The quantitative estimate of drug-likeness (QED) is 0.896. The Bertz CT molecular complexity index is 546. The van der Waals surface area contributed by atoms with Crippen molar-refractivity contribution >= 4 is 0 Å². The molecule has 0 saturated carbocycles. The van der Waals surface area contributed by atoms with Gasteiger partial charge in [-0.15, -0.1) is 0 Å². The SMILES string of the molecule is CNCc1cc(-c2cc(C)ccc2OC)nn1C. The van der Waals surface area contributed by atoms with E-state index in [0.29, 0.717) is 0 Å². The fourth-order valence-electron chi connectivity index (χ4n) is 2.01. The average Bonchev–Trinajstić information content (AvgIpc) is 2.71. The number of nitrogens with zero attached hydrogens (tertiary/aromatic N) is 2. The van der Waals surface area contributed by atoms with Crippen molar-refractivity contribution in [3.63, 3.8) is 0 Å². The van der Waals surface area contributed by atoms with Crippen LogP contribution in [-0.2, 0) is 13.6 Å². The third kappa shape index (κ3) is 2.38. The molecular formula is C14H19N3O. The molecule has 2 aromatic rings. The topological polar surface area (TPSA) is 39.1 Å². The van der Waals surface area contributed by atoms with Gasteiger partial charge in [-0.2, -0.15) is 5.10 Å². The van der Waals surface area contributed by atoms with E-state index in [2.05, 4.69) is 29.5 Å². The van der Waals surface area contributed by atoms with Crippen LogP contribution in [0.2, 0.25) is 0 Å². The first-order valence-electron chi connectivity index (χ1n) is 5.98. The van der Waals surface area contributed by atoms with Crippen molar-refractivity contribution in [1.82, 2.24) is 15.1 Å². The molecule has 0 bridgehead atoms. The summed E-state index contributed by atoms with van der Waals surface area (Å²) in [5.74, 6) is 0.856. The van der Waals surface area contributed by atoms with Gasteiger partial charge in [0.25, 0.3) is 0 Å². The van der Waals surface area contributed by atoms with Crippen LogP contribution in [0.5, 0.6) is 5.75 Å². The van der Waals surface area contributed by atoms with Crippen LogP contribution in [0.1, 0.15) is 11.3 Å². The molecule has 0 aliphatic rings. The molecule has 0 unspecified atom stereocenters. The van der Waals surface area contributed by atoms with Gasteiger partial charge in [-0.25, -0.2) is 0 Å². The number of rotatable bonds is 4. The number of hydrogen-bond acceptors (Lipinski definition) is 3. The van der Waals surface area contributed by atoms with Gasteiger partial charge in [0.15, 0.2) is 0 Å². The van der Waals surface area contributed by atoms with Gasteiger partial charge in [-0.05, 0) is 32.2 Å². The predicted molar refractivity (Wildman–Crippen MR) is 72.7 cm³/mol. The highest BCUT2D eigenvalue weighted by Gasteiger charge is 2.11. The molecular weight excluding hydrogens is 226 g/mol. The fourth-order valence-corrected chi connectivity index (χ4v) is 2.01. The van der Waals surface area contributed by atoms with E-state index in [1.165, 1.54) is 5.56 Å². The number of aromatic nitrogens is 2. The van der Waals surface area contributed by atoms with Crippen LogP contribution in [-0.4, -0.2) is 23.9 Å². The molecule has 4 nitrogen and oxygen atoms in total. The first-order chi connectivity index (χ1) is 8.65. The maximum Gasteiger partial charge on any atom is 0.128 e. The molecule has 0 aliphatic heterocycles. The second-order valence-corrected chi connectivity index (χ2v) is 4.38. The van der Waals surface area contributed by atoms with Crippen LogP contribution in [0.15, 0.2) is 24.3 Å². The number of aryl methyl sites for hydroxylation is 2. The Hall–Kier alpha value is -1.81. The van der Waals surface area contributed by atoms with Crippen molar-refractivity contribution in [2.24, 2.45) is 7.05 Å². The lowest BCUT2D eigenvalue weighted by Gasteiger charge is -2.06. The van der Waals surface area contributed by atoms with Gasteiger partial charge >= 0.3 is 0 Å². The highest BCUT2D eigenvalue weighted by atomic mass is 16.5. The Morgan fingerprint density at radius 3 is 2.78 bits per heavy atom. The van der Waals surface area contributed by atoms with E-state index in [1.54, 1.807) is 7.11 Å². The Balaban J connectivity index is 2.47. The molecule has 2 rings (SSSR count). The summed E-state index contributed by atoms with van der Waals surface area (Å²) in [5.41, 5.74) is 4.33. The Labute approximate surface area is 108 Å². The molecule has 0 fully saturated rings. The standard InChI is InChI=1S/C14H19N3O/c1-10-5-6-14(18-4)12(7-10)13-8-11(9-15-2)17(3)16-13/h5-8,15H,9H2,1-4H3. The van der Waals surface area contributed by atoms with Crippen molar-refractivity contribution in [2.75, 3.05) is 14.2 Å². The third-order valence-corrected chi connectivity index (χ3v) is 2.97. The highest BCUT2D eigenvalue weighted by molar-refractivity contribution is 5.68. The van der Waals surface area contributed by atoms with E-state index in [4.69, 9.17) is 4.74 Å². The highest BCUT2D eigenvalue weighted by Crippen LogP contribution is 2.30. The summed E-state index contributed by atoms with van der Waals surface area (Å²) in [6.07, 6.45) is 0. The van der Waals surface area contributed by atoms with Crippen molar-refractivity contribution in [1.29, 1.82) is 0 Å². The maximum absolute atomic E-state index is 5.40. The van der Waals surface area contributed by atoms with Gasteiger partial charge < -0.3 is 10.1 Å². The molecule has 4 heteroatoms. The zero-order chi connectivity index (χ0) is 13.1. The van der Waals surface area contributed by atoms with E-state index in [-0.39, 0.29) is 0 Å². The first-order valence-corrected chi connectivity index (χ1v) is 5.98. The minimum atomic E-state index is 0.803. The number of methoxy groups -OCH3 is 1. The molecule has 0 radical (unpaired) electrons. The van der Waals surface area contributed by atoms with Gasteiger partial charge in [0.1, 0.15) is 5.75 Å². The van der Waals surface area contributed by atoms with Crippen LogP contribution in [0, 0.1) is 6.92 Å². The molecule has 0 saturated heterocycles. The largest absolute Gasteiger partial charge is 0.496 e. The lowest BCUT2D eigenvalue weighted by atomic mass is 10.1. The Morgan fingerprint density at radius 2 is 2.11 bits per heavy atom. The van der Waals surface area contributed by atoms with Crippen LogP contribution in [0.25, 0.3) is 11.3 Å². The minimum Gasteiger partial charge on any atom is -0.496 e. The summed E-state index contributed by atoms with van der Waals surface area (Å²) in [7, 11) is 5.57. The number of benzene rings is 1. The van der Waals surface area contributed by atoms with E-state index < -0.39 is 0 Å². The molecule has 1 aromatic carbocycles. The van der Waals surface area contributed by atoms with Crippen LogP contribution >= 0.6 is 0 Å². The Kier molecular flexibility index (Phi) is 3.67. The van der Waals surface area contributed by atoms with Gasteiger partial charge in [0, 0.05) is 19.2 Å². The van der Waals surface area contributed by atoms with Crippen LogP contribution in [0.4, 0.5) is 0 Å². The lowest BCUT2D eigenvalue weighted by molar-refractivity contribution is 0.416. The molecule has 1 heterocycles. The van der Waals surface area contributed by atoms with Gasteiger partial charge in [-0.1, -0.05) is 11.6 Å². The summed E-state index contributed by atoms with van der Waals surface area (Å²) in [6, 6.07) is 8.22. The van der Waals surface area contributed by atoms with Crippen LogP contribution < -0.4 is 10.1 Å².